The van der Waals surface area contributed by atoms with Crippen LogP contribution in [0.25, 0.3) is 0 Å². The van der Waals surface area contributed by atoms with Crippen LogP contribution in [-0.4, -0.2) is 47.0 Å². The lowest BCUT2D eigenvalue weighted by Gasteiger charge is -2.34. The van der Waals surface area contributed by atoms with Crippen molar-refractivity contribution in [2.45, 2.75) is 19.9 Å². The van der Waals surface area contributed by atoms with Gasteiger partial charge in [0.05, 0.1) is 18.7 Å². The SMILES string of the molecule is Cc1cc(CN2CCN(C(=O)Cc3cccc(F)c3)CC2)on1. The van der Waals surface area contributed by atoms with Crippen LogP contribution in [0.15, 0.2) is 34.9 Å². The van der Waals surface area contributed by atoms with Crippen LogP contribution in [0.5, 0.6) is 0 Å². The normalized spacial score (nSPS) is 15.8. The number of rotatable bonds is 4. The molecule has 0 spiro atoms. The summed E-state index contributed by atoms with van der Waals surface area (Å²) in [6, 6.07) is 8.15. The molecule has 2 heterocycles. The molecule has 0 N–H and O–H groups in total. The first kappa shape index (κ1) is 15.7. The number of nitrogens with zero attached hydrogens (tertiary/aromatic N) is 3. The summed E-state index contributed by atoms with van der Waals surface area (Å²) in [5, 5.41) is 3.88. The van der Waals surface area contributed by atoms with Gasteiger partial charge in [-0.3, -0.25) is 9.69 Å². The zero-order chi connectivity index (χ0) is 16.2. The molecule has 1 aromatic heterocycles. The number of aromatic nitrogens is 1. The highest BCUT2D eigenvalue weighted by Gasteiger charge is 2.22. The van der Waals surface area contributed by atoms with Gasteiger partial charge >= 0.3 is 0 Å². The third kappa shape index (κ3) is 4.16. The lowest BCUT2D eigenvalue weighted by Crippen LogP contribution is -2.48. The van der Waals surface area contributed by atoms with Gasteiger partial charge in [-0.15, -0.1) is 0 Å². The molecule has 1 fully saturated rings. The van der Waals surface area contributed by atoms with E-state index in [4.69, 9.17) is 4.52 Å². The highest BCUT2D eigenvalue weighted by atomic mass is 19.1. The fourth-order valence-electron chi connectivity index (χ4n) is 2.80. The predicted molar refractivity (Wildman–Crippen MR) is 83.2 cm³/mol. The van der Waals surface area contributed by atoms with Crippen molar-refractivity contribution in [2.75, 3.05) is 26.2 Å². The summed E-state index contributed by atoms with van der Waals surface area (Å²) in [6.07, 6.45) is 0.249. The third-order valence-corrected chi connectivity index (χ3v) is 4.03. The number of benzene rings is 1. The van der Waals surface area contributed by atoms with E-state index in [2.05, 4.69) is 10.1 Å². The Kier molecular flexibility index (Phi) is 4.71. The second kappa shape index (κ2) is 6.91. The minimum absolute atomic E-state index is 0.0470. The Bertz CT molecular complexity index is 678. The topological polar surface area (TPSA) is 49.6 Å². The average molecular weight is 317 g/mol. The van der Waals surface area contributed by atoms with Crippen LogP contribution in [0, 0.1) is 12.7 Å². The van der Waals surface area contributed by atoms with Gasteiger partial charge < -0.3 is 9.42 Å². The lowest BCUT2D eigenvalue weighted by molar-refractivity contribution is -0.132. The maximum atomic E-state index is 13.2. The lowest BCUT2D eigenvalue weighted by atomic mass is 10.1. The molecule has 1 saturated heterocycles. The van der Waals surface area contributed by atoms with Gasteiger partial charge in [-0.1, -0.05) is 17.3 Å². The first-order valence-corrected chi connectivity index (χ1v) is 7.77. The van der Waals surface area contributed by atoms with E-state index in [0.717, 1.165) is 30.1 Å². The molecule has 0 unspecified atom stereocenters. The van der Waals surface area contributed by atoms with Crippen molar-refractivity contribution in [1.82, 2.24) is 15.0 Å². The van der Waals surface area contributed by atoms with Gasteiger partial charge in [0.25, 0.3) is 0 Å². The smallest absolute Gasteiger partial charge is 0.227 e. The van der Waals surface area contributed by atoms with Crippen molar-refractivity contribution in [1.29, 1.82) is 0 Å². The minimum atomic E-state index is -0.303. The Morgan fingerprint density at radius 2 is 2.04 bits per heavy atom. The zero-order valence-corrected chi connectivity index (χ0v) is 13.2. The molecule has 0 aliphatic carbocycles. The Morgan fingerprint density at radius 1 is 1.26 bits per heavy atom. The maximum Gasteiger partial charge on any atom is 0.227 e. The highest BCUT2D eigenvalue weighted by molar-refractivity contribution is 5.78. The maximum absolute atomic E-state index is 13.2. The molecule has 1 aliphatic rings. The number of piperazine rings is 1. The van der Waals surface area contributed by atoms with Crippen molar-refractivity contribution >= 4 is 5.91 Å². The fraction of sp³-hybridized carbons (Fsp3) is 0.412. The van der Waals surface area contributed by atoms with E-state index >= 15 is 0 Å². The largest absolute Gasteiger partial charge is 0.360 e. The van der Waals surface area contributed by atoms with Crippen LogP contribution in [0.3, 0.4) is 0 Å². The number of carbonyl (C=O) groups excluding carboxylic acids is 1. The van der Waals surface area contributed by atoms with E-state index in [9.17, 15) is 9.18 Å². The molecule has 1 amide bonds. The van der Waals surface area contributed by atoms with E-state index in [0.29, 0.717) is 19.6 Å². The van der Waals surface area contributed by atoms with Gasteiger partial charge in [-0.05, 0) is 24.6 Å². The Hall–Kier alpha value is -2.21. The standard InChI is InChI=1S/C17H20FN3O2/c1-13-9-16(23-19-13)12-20-5-7-21(8-6-20)17(22)11-14-3-2-4-15(18)10-14/h2-4,9-10H,5-8,11-12H2,1H3. The van der Waals surface area contributed by atoms with Crippen LogP contribution < -0.4 is 0 Å². The Balaban J connectivity index is 1.49. The van der Waals surface area contributed by atoms with Crippen molar-refractivity contribution in [2.24, 2.45) is 0 Å². The van der Waals surface area contributed by atoms with Crippen LogP contribution in [0.4, 0.5) is 4.39 Å². The van der Waals surface area contributed by atoms with Gasteiger partial charge in [0.15, 0.2) is 5.76 Å². The number of aryl methyl sites for hydroxylation is 1. The molecule has 1 aliphatic heterocycles. The van der Waals surface area contributed by atoms with Gasteiger partial charge in [-0.25, -0.2) is 4.39 Å². The fourth-order valence-corrected chi connectivity index (χ4v) is 2.80. The summed E-state index contributed by atoms with van der Waals surface area (Å²) in [5.41, 5.74) is 1.60. The summed E-state index contributed by atoms with van der Waals surface area (Å²) in [7, 11) is 0. The first-order chi connectivity index (χ1) is 11.1. The molecule has 3 rings (SSSR count). The van der Waals surface area contributed by atoms with Gasteiger partial charge in [0.1, 0.15) is 5.82 Å². The summed E-state index contributed by atoms with van der Waals surface area (Å²) < 4.78 is 18.4. The molecule has 23 heavy (non-hydrogen) atoms. The van der Waals surface area contributed by atoms with Crippen LogP contribution in [0.2, 0.25) is 0 Å². The molecule has 1 aromatic carbocycles. The second-order valence-corrected chi connectivity index (χ2v) is 5.90. The molecule has 0 bridgehead atoms. The molecular weight excluding hydrogens is 297 g/mol. The number of halogens is 1. The molecule has 122 valence electrons. The van der Waals surface area contributed by atoms with Crippen molar-refractivity contribution in [3.63, 3.8) is 0 Å². The average Bonchev–Trinajstić information content (AvgIpc) is 2.93. The summed E-state index contributed by atoms with van der Waals surface area (Å²) in [4.78, 5) is 16.4. The molecule has 2 aromatic rings. The molecule has 0 saturated carbocycles. The second-order valence-electron chi connectivity index (χ2n) is 5.90. The van der Waals surface area contributed by atoms with Crippen molar-refractivity contribution in [3.8, 4) is 0 Å². The number of carbonyl (C=O) groups is 1. The van der Waals surface area contributed by atoms with E-state index in [-0.39, 0.29) is 18.1 Å². The molecule has 6 heteroatoms. The predicted octanol–water partition coefficient (Wildman–Crippen LogP) is 2.01. The Labute approximate surface area is 134 Å². The molecule has 0 atom stereocenters. The van der Waals surface area contributed by atoms with Gasteiger partial charge in [-0.2, -0.15) is 0 Å². The van der Waals surface area contributed by atoms with E-state index in [1.54, 1.807) is 12.1 Å². The van der Waals surface area contributed by atoms with Crippen LogP contribution in [-0.2, 0) is 17.8 Å². The number of hydrogen-bond donors (Lipinski definition) is 0. The molecular formula is C17H20FN3O2. The van der Waals surface area contributed by atoms with Crippen LogP contribution in [0.1, 0.15) is 17.0 Å². The van der Waals surface area contributed by atoms with Crippen molar-refractivity contribution < 1.29 is 13.7 Å². The number of hydrogen-bond acceptors (Lipinski definition) is 4. The van der Waals surface area contributed by atoms with Crippen molar-refractivity contribution in [3.05, 3.63) is 53.2 Å². The molecule has 0 radical (unpaired) electrons. The Morgan fingerprint density at radius 3 is 2.70 bits per heavy atom. The molecule has 5 nitrogen and oxygen atoms in total. The zero-order valence-electron chi connectivity index (χ0n) is 13.2. The van der Waals surface area contributed by atoms with E-state index in [1.165, 1.54) is 12.1 Å². The quantitative estimate of drug-likeness (QED) is 0.865. The highest BCUT2D eigenvalue weighted by Crippen LogP contribution is 2.12. The van der Waals surface area contributed by atoms with Gasteiger partial charge in [0.2, 0.25) is 5.91 Å². The minimum Gasteiger partial charge on any atom is -0.360 e. The first-order valence-electron chi connectivity index (χ1n) is 7.77. The number of amides is 1. The van der Waals surface area contributed by atoms with E-state index < -0.39 is 0 Å². The van der Waals surface area contributed by atoms with Gasteiger partial charge in [0, 0.05) is 32.2 Å². The summed E-state index contributed by atoms with van der Waals surface area (Å²) in [5.74, 6) is 0.593. The summed E-state index contributed by atoms with van der Waals surface area (Å²) >= 11 is 0. The monoisotopic (exact) mass is 317 g/mol. The van der Waals surface area contributed by atoms with Crippen LogP contribution >= 0.6 is 0 Å². The van der Waals surface area contributed by atoms with E-state index in [1.807, 2.05) is 17.9 Å². The third-order valence-electron chi connectivity index (χ3n) is 4.03. The summed E-state index contributed by atoms with van der Waals surface area (Å²) in [6.45, 7) is 5.58.